The summed E-state index contributed by atoms with van der Waals surface area (Å²) in [5, 5.41) is 4.08. The van der Waals surface area contributed by atoms with Gasteiger partial charge in [0.05, 0.1) is 12.8 Å². The van der Waals surface area contributed by atoms with E-state index in [2.05, 4.69) is 15.1 Å². The highest BCUT2D eigenvalue weighted by Gasteiger charge is 2.13. The SMILES string of the molecule is COC(=O)c1ccc(N)c(N(C)Cc2ccsc2)n1. The van der Waals surface area contributed by atoms with Gasteiger partial charge in [-0.1, -0.05) is 0 Å². The Morgan fingerprint density at radius 3 is 2.89 bits per heavy atom. The number of ether oxygens (including phenoxy) is 1. The molecule has 0 bridgehead atoms. The standard InChI is InChI=1S/C13H15N3O2S/c1-16(7-9-5-6-19-8-9)12-10(14)3-4-11(15-12)13(17)18-2/h3-6,8H,7,14H2,1-2H3. The van der Waals surface area contributed by atoms with Crippen molar-refractivity contribution in [2.45, 2.75) is 6.54 Å². The highest BCUT2D eigenvalue weighted by atomic mass is 32.1. The topological polar surface area (TPSA) is 68.5 Å². The van der Waals surface area contributed by atoms with Gasteiger partial charge in [-0.2, -0.15) is 11.3 Å². The van der Waals surface area contributed by atoms with Crippen LogP contribution in [0, 0.1) is 0 Å². The Balaban J connectivity index is 2.25. The van der Waals surface area contributed by atoms with Gasteiger partial charge in [0.2, 0.25) is 0 Å². The summed E-state index contributed by atoms with van der Waals surface area (Å²) in [6.07, 6.45) is 0. The number of aromatic nitrogens is 1. The molecule has 5 nitrogen and oxygen atoms in total. The van der Waals surface area contributed by atoms with Crippen LogP contribution >= 0.6 is 11.3 Å². The minimum Gasteiger partial charge on any atom is -0.464 e. The number of methoxy groups -OCH3 is 1. The van der Waals surface area contributed by atoms with E-state index in [1.165, 1.54) is 12.7 Å². The van der Waals surface area contributed by atoms with E-state index in [1.54, 1.807) is 23.5 Å². The molecule has 100 valence electrons. The molecule has 19 heavy (non-hydrogen) atoms. The van der Waals surface area contributed by atoms with Crippen molar-refractivity contribution in [1.82, 2.24) is 4.98 Å². The predicted molar refractivity (Wildman–Crippen MR) is 76.4 cm³/mol. The highest BCUT2D eigenvalue weighted by Crippen LogP contribution is 2.22. The molecule has 0 radical (unpaired) electrons. The molecular weight excluding hydrogens is 262 g/mol. The number of hydrogen-bond donors (Lipinski definition) is 1. The van der Waals surface area contributed by atoms with Gasteiger partial charge in [-0.25, -0.2) is 9.78 Å². The van der Waals surface area contributed by atoms with Crippen molar-refractivity contribution in [2.75, 3.05) is 24.8 Å². The zero-order valence-corrected chi connectivity index (χ0v) is 11.6. The van der Waals surface area contributed by atoms with Crippen molar-refractivity contribution in [3.05, 3.63) is 40.2 Å². The minimum absolute atomic E-state index is 0.254. The normalized spacial score (nSPS) is 10.2. The molecule has 0 saturated carbocycles. The number of pyridine rings is 1. The number of rotatable bonds is 4. The van der Waals surface area contributed by atoms with Gasteiger partial charge in [-0.3, -0.25) is 0 Å². The fourth-order valence-electron chi connectivity index (χ4n) is 1.71. The van der Waals surface area contributed by atoms with Gasteiger partial charge >= 0.3 is 5.97 Å². The van der Waals surface area contributed by atoms with E-state index >= 15 is 0 Å². The molecule has 2 aromatic rings. The molecule has 0 saturated heterocycles. The molecule has 0 unspecified atom stereocenters. The summed E-state index contributed by atoms with van der Waals surface area (Å²) in [4.78, 5) is 17.6. The maximum Gasteiger partial charge on any atom is 0.356 e. The molecule has 0 aliphatic rings. The number of nitrogens with zero attached hydrogens (tertiary/aromatic N) is 2. The Hall–Kier alpha value is -2.08. The Labute approximate surface area is 115 Å². The van der Waals surface area contributed by atoms with E-state index in [0.717, 1.165) is 0 Å². The highest BCUT2D eigenvalue weighted by molar-refractivity contribution is 7.07. The summed E-state index contributed by atoms with van der Waals surface area (Å²) >= 11 is 1.64. The third kappa shape index (κ3) is 3.03. The van der Waals surface area contributed by atoms with Crippen molar-refractivity contribution in [3.8, 4) is 0 Å². The molecule has 0 aliphatic heterocycles. The maximum absolute atomic E-state index is 11.5. The zero-order valence-electron chi connectivity index (χ0n) is 10.8. The Morgan fingerprint density at radius 2 is 2.26 bits per heavy atom. The molecule has 0 fully saturated rings. The van der Waals surface area contributed by atoms with Crippen molar-refractivity contribution in [2.24, 2.45) is 0 Å². The molecule has 2 heterocycles. The lowest BCUT2D eigenvalue weighted by Gasteiger charge is -2.19. The third-order valence-corrected chi connectivity index (χ3v) is 3.39. The fourth-order valence-corrected chi connectivity index (χ4v) is 2.37. The van der Waals surface area contributed by atoms with Crippen LogP contribution in [0.25, 0.3) is 0 Å². The van der Waals surface area contributed by atoms with Gasteiger partial charge in [-0.05, 0) is 34.5 Å². The first-order valence-electron chi connectivity index (χ1n) is 5.69. The van der Waals surface area contributed by atoms with Crippen molar-refractivity contribution in [1.29, 1.82) is 0 Å². The number of carbonyl (C=O) groups is 1. The zero-order chi connectivity index (χ0) is 13.8. The molecule has 0 spiro atoms. The molecule has 0 amide bonds. The van der Waals surface area contributed by atoms with E-state index in [4.69, 9.17) is 5.73 Å². The van der Waals surface area contributed by atoms with Gasteiger partial charge in [-0.15, -0.1) is 0 Å². The summed E-state index contributed by atoms with van der Waals surface area (Å²) in [6.45, 7) is 0.686. The van der Waals surface area contributed by atoms with Gasteiger partial charge in [0.15, 0.2) is 11.5 Å². The molecular formula is C13H15N3O2S. The summed E-state index contributed by atoms with van der Waals surface area (Å²) in [6, 6.07) is 5.27. The Bertz CT molecular complexity index is 569. The maximum atomic E-state index is 11.5. The van der Waals surface area contributed by atoms with Gasteiger partial charge in [0, 0.05) is 13.6 Å². The largest absolute Gasteiger partial charge is 0.464 e. The second-order valence-electron chi connectivity index (χ2n) is 4.09. The van der Waals surface area contributed by atoms with Crippen LogP contribution in [0.1, 0.15) is 16.1 Å². The van der Waals surface area contributed by atoms with E-state index in [0.29, 0.717) is 18.1 Å². The van der Waals surface area contributed by atoms with Crippen LogP contribution in [0.15, 0.2) is 29.0 Å². The number of thiophene rings is 1. The smallest absolute Gasteiger partial charge is 0.356 e. The Morgan fingerprint density at radius 1 is 1.47 bits per heavy atom. The van der Waals surface area contributed by atoms with Crippen LogP contribution in [0.4, 0.5) is 11.5 Å². The molecule has 2 rings (SSSR count). The average Bonchev–Trinajstić information content (AvgIpc) is 2.91. The van der Waals surface area contributed by atoms with E-state index < -0.39 is 5.97 Å². The van der Waals surface area contributed by atoms with E-state index in [-0.39, 0.29) is 5.69 Å². The molecule has 0 aliphatic carbocycles. The van der Waals surface area contributed by atoms with Crippen LogP contribution in [0.2, 0.25) is 0 Å². The molecule has 2 N–H and O–H groups in total. The van der Waals surface area contributed by atoms with Gasteiger partial charge < -0.3 is 15.4 Å². The third-order valence-electron chi connectivity index (χ3n) is 2.66. The molecule has 6 heteroatoms. The first-order chi connectivity index (χ1) is 9.11. The van der Waals surface area contributed by atoms with Crippen molar-refractivity contribution >= 4 is 28.8 Å². The quantitative estimate of drug-likeness (QED) is 0.867. The number of anilines is 2. The van der Waals surface area contributed by atoms with Gasteiger partial charge in [0.25, 0.3) is 0 Å². The lowest BCUT2D eigenvalue weighted by Crippen LogP contribution is -2.20. The van der Waals surface area contributed by atoms with Gasteiger partial charge in [0.1, 0.15) is 0 Å². The second kappa shape index (κ2) is 5.71. The predicted octanol–water partition coefficient (Wildman–Crippen LogP) is 2.15. The first-order valence-corrected chi connectivity index (χ1v) is 6.63. The summed E-state index contributed by atoms with van der Waals surface area (Å²) in [5.74, 6) is 0.110. The Kier molecular flexibility index (Phi) is 4.01. The number of nitrogen functional groups attached to an aromatic ring is 1. The van der Waals surface area contributed by atoms with Crippen LogP contribution in [-0.4, -0.2) is 25.1 Å². The number of nitrogens with two attached hydrogens (primary N) is 1. The van der Waals surface area contributed by atoms with Crippen molar-refractivity contribution in [3.63, 3.8) is 0 Å². The average molecular weight is 277 g/mol. The summed E-state index contributed by atoms with van der Waals surface area (Å²) < 4.78 is 4.66. The molecule has 2 aromatic heterocycles. The van der Waals surface area contributed by atoms with Crippen LogP contribution in [0.5, 0.6) is 0 Å². The van der Waals surface area contributed by atoms with Crippen molar-refractivity contribution < 1.29 is 9.53 Å². The lowest BCUT2D eigenvalue weighted by atomic mass is 10.2. The number of carbonyl (C=O) groups excluding carboxylic acids is 1. The second-order valence-corrected chi connectivity index (χ2v) is 4.87. The fraction of sp³-hybridized carbons (Fsp3) is 0.231. The van der Waals surface area contributed by atoms with Crippen LogP contribution < -0.4 is 10.6 Å². The number of hydrogen-bond acceptors (Lipinski definition) is 6. The van der Waals surface area contributed by atoms with E-state index in [9.17, 15) is 4.79 Å². The first kappa shape index (κ1) is 13.4. The summed E-state index contributed by atoms with van der Waals surface area (Å²) in [7, 11) is 3.21. The summed E-state index contributed by atoms with van der Waals surface area (Å²) in [5.41, 5.74) is 7.87. The monoisotopic (exact) mass is 277 g/mol. The lowest BCUT2D eigenvalue weighted by molar-refractivity contribution is 0.0594. The molecule has 0 aromatic carbocycles. The molecule has 0 atom stereocenters. The van der Waals surface area contributed by atoms with Crippen LogP contribution in [-0.2, 0) is 11.3 Å². The van der Waals surface area contributed by atoms with Crippen LogP contribution in [0.3, 0.4) is 0 Å². The van der Waals surface area contributed by atoms with E-state index in [1.807, 2.05) is 23.4 Å². The number of esters is 1. The minimum atomic E-state index is -0.467.